The summed E-state index contributed by atoms with van der Waals surface area (Å²) in [5.41, 5.74) is 0. The molecule has 16 heavy (non-hydrogen) atoms. The highest BCUT2D eigenvalue weighted by atomic mass is 16.5. The second kappa shape index (κ2) is 5.50. The highest BCUT2D eigenvalue weighted by Gasteiger charge is 2.14. The topological polar surface area (TPSA) is 87.4 Å². The molecule has 0 aliphatic heterocycles. The minimum Gasteiger partial charge on any atom is -0.396 e. The second-order valence-corrected chi connectivity index (χ2v) is 3.87. The number of anilines is 1. The van der Waals surface area contributed by atoms with Crippen molar-refractivity contribution in [2.45, 2.75) is 26.8 Å². The lowest BCUT2D eigenvalue weighted by molar-refractivity contribution is 0.204. The van der Waals surface area contributed by atoms with Gasteiger partial charge in [-0.1, -0.05) is 12.1 Å². The molecule has 2 amide bonds. The number of rotatable bonds is 4. The first-order chi connectivity index (χ1) is 7.52. The maximum Gasteiger partial charge on any atom is 0.320 e. The van der Waals surface area contributed by atoms with Crippen molar-refractivity contribution in [3.63, 3.8) is 0 Å². The molecule has 1 aromatic heterocycles. The van der Waals surface area contributed by atoms with Gasteiger partial charge in [-0.25, -0.2) is 4.79 Å². The van der Waals surface area contributed by atoms with Crippen molar-refractivity contribution in [2.24, 2.45) is 5.92 Å². The minimum atomic E-state index is -0.360. The fourth-order valence-corrected chi connectivity index (χ4v) is 1.08. The first kappa shape index (κ1) is 12.5. The Kier molecular flexibility index (Phi) is 4.30. The molecule has 1 heterocycles. The van der Waals surface area contributed by atoms with Gasteiger partial charge >= 0.3 is 6.03 Å². The van der Waals surface area contributed by atoms with Gasteiger partial charge in [-0.15, -0.1) is 0 Å². The lowest BCUT2D eigenvalue weighted by Gasteiger charge is -2.18. The number of carbonyl (C=O) groups is 1. The van der Waals surface area contributed by atoms with Crippen LogP contribution >= 0.6 is 0 Å². The zero-order valence-corrected chi connectivity index (χ0v) is 9.65. The number of aliphatic hydroxyl groups excluding tert-OH is 1. The standard InChI is InChI=1S/C10H17N3O3/c1-6(5-14)8(3)11-10(15)12-9-4-7(2)16-13-9/h4,6,8,14H,5H2,1-3H3,(H2,11,12,13,15)/t6-,8-/m1/s1. The Bertz CT molecular complexity index is 351. The molecule has 1 aromatic rings. The van der Waals surface area contributed by atoms with Gasteiger partial charge in [-0.05, 0) is 19.8 Å². The predicted octanol–water partition coefficient (Wildman–Crippen LogP) is 1.12. The summed E-state index contributed by atoms with van der Waals surface area (Å²) >= 11 is 0. The summed E-state index contributed by atoms with van der Waals surface area (Å²) in [7, 11) is 0. The monoisotopic (exact) mass is 227 g/mol. The molecule has 0 fully saturated rings. The van der Waals surface area contributed by atoms with E-state index < -0.39 is 0 Å². The third-order valence-corrected chi connectivity index (χ3v) is 2.37. The molecule has 0 spiro atoms. The van der Waals surface area contributed by atoms with Gasteiger partial charge in [-0.2, -0.15) is 0 Å². The molecule has 1 rings (SSSR count). The Hall–Kier alpha value is -1.56. The molecular weight excluding hydrogens is 210 g/mol. The number of nitrogens with one attached hydrogen (secondary N) is 2. The van der Waals surface area contributed by atoms with Crippen LogP contribution in [-0.2, 0) is 0 Å². The van der Waals surface area contributed by atoms with Crippen molar-refractivity contribution in [1.29, 1.82) is 0 Å². The van der Waals surface area contributed by atoms with Crippen molar-refractivity contribution in [3.8, 4) is 0 Å². The van der Waals surface area contributed by atoms with Crippen LogP contribution in [0.2, 0.25) is 0 Å². The molecule has 0 saturated carbocycles. The number of amides is 2. The van der Waals surface area contributed by atoms with Gasteiger partial charge in [0.15, 0.2) is 5.82 Å². The quantitative estimate of drug-likeness (QED) is 0.719. The molecule has 0 aromatic carbocycles. The fourth-order valence-electron chi connectivity index (χ4n) is 1.08. The Morgan fingerprint density at radius 1 is 1.62 bits per heavy atom. The number of aryl methyl sites for hydroxylation is 1. The van der Waals surface area contributed by atoms with Gasteiger partial charge < -0.3 is 14.9 Å². The van der Waals surface area contributed by atoms with E-state index in [1.807, 2.05) is 13.8 Å². The van der Waals surface area contributed by atoms with Crippen LogP contribution < -0.4 is 10.6 Å². The van der Waals surface area contributed by atoms with Gasteiger partial charge in [0.25, 0.3) is 0 Å². The number of aromatic nitrogens is 1. The summed E-state index contributed by atoms with van der Waals surface area (Å²) in [6.07, 6.45) is 0. The van der Waals surface area contributed by atoms with E-state index in [-0.39, 0.29) is 24.6 Å². The normalized spacial score (nSPS) is 14.2. The van der Waals surface area contributed by atoms with E-state index in [4.69, 9.17) is 9.63 Å². The van der Waals surface area contributed by atoms with Gasteiger partial charge in [0.2, 0.25) is 0 Å². The zero-order valence-electron chi connectivity index (χ0n) is 9.65. The van der Waals surface area contributed by atoms with Crippen molar-refractivity contribution in [2.75, 3.05) is 11.9 Å². The first-order valence-electron chi connectivity index (χ1n) is 5.14. The third kappa shape index (κ3) is 3.54. The Balaban J connectivity index is 2.42. The highest BCUT2D eigenvalue weighted by molar-refractivity contribution is 5.88. The smallest absolute Gasteiger partial charge is 0.320 e. The van der Waals surface area contributed by atoms with E-state index in [9.17, 15) is 4.79 Å². The number of urea groups is 1. The van der Waals surface area contributed by atoms with E-state index in [1.54, 1.807) is 13.0 Å². The van der Waals surface area contributed by atoms with Crippen LogP contribution in [0.25, 0.3) is 0 Å². The molecule has 6 heteroatoms. The van der Waals surface area contributed by atoms with Crippen molar-refractivity contribution in [3.05, 3.63) is 11.8 Å². The lowest BCUT2D eigenvalue weighted by atomic mass is 10.1. The summed E-state index contributed by atoms with van der Waals surface area (Å²) in [5.74, 6) is 1.01. The van der Waals surface area contributed by atoms with Crippen molar-refractivity contribution in [1.82, 2.24) is 10.5 Å². The summed E-state index contributed by atoms with van der Waals surface area (Å²) in [5, 5.41) is 17.8. The van der Waals surface area contributed by atoms with Crippen molar-refractivity contribution < 1.29 is 14.4 Å². The molecular formula is C10H17N3O3. The van der Waals surface area contributed by atoms with Crippen LogP contribution in [0.4, 0.5) is 10.6 Å². The summed E-state index contributed by atoms with van der Waals surface area (Å²) in [4.78, 5) is 11.5. The SMILES string of the molecule is Cc1cc(NC(=O)N[C@H](C)[C@H](C)CO)no1. The second-order valence-electron chi connectivity index (χ2n) is 3.87. The third-order valence-electron chi connectivity index (χ3n) is 2.37. The molecule has 0 radical (unpaired) electrons. The summed E-state index contributed by atoms with van der Waals surface area (Å²) in [6, 6.07) is 1.15. The molecule has 0 aliphatic carbocycles. The Morgan fingerprint density at radius 3 is 2.81 bits per heavy atom. The number of hydrogen-bond donors (Lipinski definition) is 3. The van der Waals surface area contributed by atoms with E-state index in [1.165, 1.54) is 0 Å². The molecule has 90 valence electrons. The highest BCUT2D eigenvalue weighted by Crippen LogP contribution is 2.07. The molecule has 0 unspecified atom stereocenters. The maximum absolute atomic E-state index is 11.5. The maximum atomic E-state index is 11.5. The lowest BCUT2D eigenvalue weighted by Crippen LogP contribution is -2.40. The van der Waals surface area contributed by atoms with Crippen LogP contribution in [-0.4, -0.2) is 28.9 Å². The van der Waals surface area contributed by atoms with E-state index in [0.717, 1.165) is 0 Å². The molecule has 0 saturated heterocycles. The minimum absolute atomic E-state index is 0.00444. The molecule has 0 bridgehead atoms. The number of carbonyl (C=O) groups excluding carboxylic acids is 1. The summed E-state index contributed by atoms with van der Waals surface area (Å²) < 4.78 is 4.81. The largest absolute Gasteiger partial charge is 0.396 e. The molecule has 2 atom stereocenters. The molecule has 6 nitrogen and oxygen atoms in total. The van der Waals surface area contributed by atoms with Crippen LogP contribution in [0.3, 0.4) is 0 Å². The Labute approximate surface area is 94.0 Å². The molecule has 3 N–H and O–H groups in total. The average Bonchev–Trinajstić information content (AvgIpc) is 2.62. The number of aliphatic hydroxyl groups is 1. The van der Waals surface area contributed by atoms with Gasteiger partial charge in [0.05, 0.1) is 0 Å². The van der Waals surface area contributed by atoms with Crippen LogP contribution in [0.1, 0.15) is 19.6 Å². The van der Waals surface area contributed by atoms with Crippen molar-refractivity contribution >= 4 is 11.8 Å². The van der Waals surface area contributed by atoms with Gasteiger partial charge in [-0.3, -0.25) is 5.32 Å². The summed E-state index contributed by atoms with van der Waals surface area (Å²) in [6.45, 7) is 5.46. The van der Waals surface area contributed by atoms with Crippen LogP contribution in [0, 0.1) is 12.8 Å². The van der Waals surface area contributed by atoms with Crippen LogP contribution in [0.5, 0.6) is 0 Å². The van der Waals surface area contributed by atoms with Gasteiger partial charge in [0.1, 0.15) is 5.76 Å². The van der Waals surface area contributed by atoms with E-state index in [0.29, 0.717) is 11.6 Å². The zero-order chi connectivity index (χ0) is 12.1. The number of nitrogens with zero attached hydrogens (tertiary/aromatic N) is 1. The Morgan fingerprint density at radius 2 is 2.31 bits per heavy atom. The average molecular weight is 227 g/mol. The van der Waals surface area contributed by atoms with E-state index in [2.05, 4.69) is 15.8 Å². The predicted molar refractivity (Wildman–Crippen MR) is 59.1 cm³/mol. The molecule has 0 aliphatic rings. The first-order valence-corrected chi connectivity index (χ1v) is 5.14. The van der Waals surface area contributed by atoms with Crippen LogP contribution in [0.15, 0.2) is 10.6 Å². The van der Waals surface area contributed by atoms with Gasteiger partial charge in [0, 0.05) is 18.7 Å². The van der Waals surface area contributed by atoms with E-state index >= 15 is 0 Å². The fraction of sp³-hybridized carbons (Fsp3) is 0.600. The number of hydrogen-bond acceptors (Lipinski definition) is 4.